The fourth-order valence-electron chi connectivity index (χ4n) is 3.81. The Kier molecular flexibility index (Phi) is 8.42. The molecule has 1 aliphatic carbocycles. The predicted octanol–water partition coefficient (Wildman–Crippen LogP) is 4.15. The average molecular weight is 509 g/mol. The first-order chi connectivity index (χ1) is 17.9. The molecule has 2 aromatic heterocycles. The Labute approximate surface area is 212 Å². The maximum Gasteiger partial charge on any atom is 0.387 e. The summed E-state index contributed by atoms with van der Waals surface area (Å²) in [6.45, 7) is -2.19. The van der Waals surface area contributed by atoms with Crippen LogP contribution < -0.4 is 15.6 Å². The first-order valence-corrected chi connectivity index (χ1v) is 11.5. The van der Waals surface area contributed by atoms with Crippen molar-refractivity contribution in [3.05, 3.63) is 111 Å². The zero-order valence-corrected chi connectivity index (χ0v) is 20.1. The van der Waals surface area contributed by atoms with E-state index < -0.39 is 6.61 Å². The molecule has 1 aromatic carbocycles. The molecule has 0 atom stereocenters. The van der Waals surface area contributed by atoms with Gasteiger partial charge in [-0.25, -0.2) is 0 Å². The Morgan fingerprint density at radius 1 is 1.22 bits per heavy atom. The maximum absolute atomic E-state index is 12.9. The lowest BCUT2D eigenvalue weighted by Gasteiger charge is -2.10. The van der Waals surface area contributed by atoms with Crippen molar-refractivity contribution in [2.24, 2.45) is 0 Å². The largest absolute Gasteiger partial charge is 0.435 e. The van der Waals surface area contributed by atoms with Gasteiger partial charge in [0.15, 0.2) is 0 Å². The van der Waals surface area contributed by atoms with Crippen LogP contribution in [-0.4, -0.2) is 34.0 Å². The monoisotopic (exact) mass is 508 g/mol. The summed E-state index contributed by atoms with van der Waals surface area (Å²) in [6, 6.07) is 11.2. The molecular formula is C27H26F2N4O4. The van der Waals surface area contributed by atoms with Gasteiger partial charge in [0, 0.05) is 38.3 Å². The van der Waals surface area contributed by atoms with Crippen LogP contribution in [0.5, 0.6) is 5.75 Å². The number of allylic oxidation sites excluding steroid dienone is 5. The topological polar surface area (TPSA) is 87.4 Å². The van der Waals surface area contributed by atoms with Gasteiger partial charge in [0.05, 0.1) is 18.7 Å². The van der Waals surface area contributed by atoms with Crippen LogP contribution in [-0.2, 0) is 24.4 Å². The molecule has 0 saturated heterocycles. The fraction of sp³-hybridized carbons (Fsp3) is 0.222. The minimum absolute atomic E-state index is 0.0253. The molecular weight excluding hydrogens is 482 g/mol. The van der Waals surface area contributed by atoms with E-state index in [4.69, 9.17) is 4.74 Å². The number of amides is 1. The lowest BCUT2D eigenvalue weighted by atomic mass is 10.0. The van der Waals surface area contributed by atoms with E-state index in [2.05, 4.69) is 15.2 Å². The second-order valence-corrected chi connectivity index (χ2v) is 8.30. The number of nitrogens with one attached hydrogen (secondary N) is 1. The third kappa shape index (κ3) is 7.11. The Balaban J connectivity index is 1.41. The number of carbonyl (C=O) groups is 1. The van der Waals surface area contributed by atoms with Crippen LogP contribution in [0.4, 0.5) is 8.78 Å². The minimum Gasteiger partial charge on any atom is -0.435 e. The number of pyridine rings is 1. The van der Waals surface area contributed by atoms with Gasteiger partial charge >= 0.3 is 6.61 Å². The molecule has 1 N–H and O–H groups in total. The van der Waals surface area contributed by atoms with Crippen LogP contribution in [0.3, 0.4) is 0 Å². The average Bonchev–Trinajstić information content (AvgIpc) is 3.27. The van der Waals surface area contributed by atoms with E-state index in [0.717, 1.165) is 11.1 Å². The van der Waals surface area contributed by atoms with Crippen molar-refractivity contribution in [2.45, 2.75) is 32.7 Å². The van der Waals surface area contributed by atoms with E-state index in [1.165, 1.54) is 29.9 Å². The fourth-order valence-corrected chi connectivity index (χ4v) is 3.81. The highest BCUT2D eigenvalue weighted by Gasteiger charge is 2.17. The Bertz CT molecular complexity index is 1410. The molecule has 3 aromatic rings. The van der Waals surface area contributed by atoms with E-state index in [-0.39, 0.29) is 30.4 Å². The van der Waals surface area contributed by atoms with E-state index in [0.29, 0.717) is 29.8 Å². The van der Waals surface area contributed by atoms with Crippen LogP contribution in [0.2, 0.25) is 0 Å². The number of hydrogen-bond donors (Lipinski definition) is 1. The first-order valence-electron chi connectivity index (χ1n) is 11.5. The van der Waals surface area contributed by atoms with Gasteiger partial charge in [-0.3, -0.25) is 18.8 Å². The van der Waals surface area contributed by atoms with Crippen LogP contribution in [0, 0.1) is 0 Å². The Hall–Kier alpha value is -4.31. The number of nitrogens with zero attached hydrogens (tertiary/aromatic N) is 3. The molecule has 0 aliphatic heterocycles. The highest BCUT2D eigenvalue weighted by atomic mass is 19.3. The molecule has 8 nitrogen and oxygen atoms in total. The second kappa shape index (κ2) is 12.1. The van der Waals surface area contributed by atoms with Crippen molar-refractivity contribution < 1.29 is 23.0 Å². The highest BCUT2D eigenvalue weighted by Crippen LogP contribution is 2.19. The second-order valence-electron chi connectivity index (χ2n) is 8.30. The van der Waals surface area contributed by atoms with Gasteiger partial charge in [-0.2, -0.15) is 13.9 Å². The van der Waals surface area contributed by atoms with Gasteiger partial charge in [0.2, 0.25) is 0 Å². The number of carbonyl (C=O) groups excluding carboxylic acids is 1. The molecule has 0 saturated carbocycles. The van der Waals surface area contributed by atoms with Crippen LogP contribution in [0.25, 0.3) is 6.20 Å². The van der Waals surface area contributed by atoms with Crippen molar-refractivity contribution in [1.29, 1.82) is 0 Å². The molecule has 2 heterocycles. The van der Waals surface area contributed by atoms with Crippen molar-refractivity contribution >= 4 is 12.1 Å². The summed E-state index contributed by atoms with van der Waals surface area (Å²) >= 11 is 0. The number of benzene rings is 1. The molecule has 37 heavy (non-hydrogen) atoms. The van der Waals surface area contributed by atoms with Crippen LogP contribution in [0.15, 0.2) is 89.0 Å². The van der Waals surface area contributed by atoms with Crippen LogP contribution in [0.1, 0.15) is 28.0 Å². The van der Waals surface area contributed by atoms with E-state index >= 15 is 0 Å². The molecule has 1 aliphatic rings. The predicted molar refractivity (Wildman–Crippen MR) is 134 cm³/mol. The Morgan fingerprint density at radius 3 is 2.81 bits per heavy atom. The summed E-state index contributed by atoms with van der Waals surface area (Å²) in [5, 5.41) is 7.30. The van der Waals surface area contributed by atoms with E-state index in [1.807, 2.05) is 18.2 Å². The molecule has 192 valence electrons. The molecule has 0 radical (unpaired) electrons. The van der Waals surface area contributed by atoms with E-state index in [9.17, 15) is 18.4 Å². The van der Waals surface area contributed by atoms with Gasteiger partial charge in [0.25, 0.3) is 11.5 Å². The van der Waals surface area contributed by atoms with Gasteiger partial charge in [-0.15, -0.1) is 0 Å². The van der Waals surface area contributed by atoms with Gasteiger partial charge in [-0.1, -0.05) is 36.4 Å². The molecule has 0 fully saturated rings. The van der Waals surface area contributed by atoms with E-state index in [1.54, 1.807) is 47.5 Å². The quantitative estimate of drug-likeness (QED) is 0.445. The number of aromatic nitrogens is 3. The molecule has 4 rings (SSSR count). The van der Waals surface area contributed by atoms with Crippen molar-refractivity contribution in [3.63, 3.8) is 0 Å². The van der Waals surface area contributed by atoms with Crippen molar-refractivity contribution in [1.82, 2.24) is 19.7 Å². The van der Waals surface area contributed by atoms with Crippen molar-refractivity contribution in [2.75, 3.05) is 7.11 Å². The van der Waals surface area contributed by atoms with Crippen molar-refractivity contribution in [3.8, 4) is 5.75 Å². The summed E-state index contributed by atoms with van der Waals surface area (Å²) in [6.07, 6.45) is 11.8. The number of ether oxygens (including phenoxy) is 2. The molecule has 0 unspecified atom stereocenters. The van der Waals surface area contributed by atoms with Gasteiger partial charge in [0.1, 0.15) is 11.4 Å². The number of alkyl halides is 2. The first kappa shape index (κ1) is 25.8. The zero-order chi connectivity index (χ0) is 26.2. The number of hydrogen-bond acceptors (Lipinski definition) is 5. The summed E-state index contributed by atoms with van der Waals surface area (Å²) in [7, 11) is 1.52. The number of methoxy groups -OCH3 is 1. The maximum atomic E-state index is 12.9. The van der Waals surface area contributed by atoms with Crippen LogP contribution >= 0.6 is 0 Å². The molecule has 0 spiro atoms. The summed E-state index contributed by atoms with van der Waals surface area (Å²) in [4.78, 5) is 24.8. The molecule has 0 bridgehead atoms. The summed E-state index contributed by atoms with van der Waals surface area (Å²) < 4.78 is 37.8. The molecule has 1 amide bonds. The Morgan fingerprint density at radius 2 is 2.08 bits per heavy atom. The third-order valence-corrected chi connectivity index (χ3v) is 5.55. The lowest BCUT2D eigenvalue weighted by molar-refractivity contribution is -0.0498. The number of halogens is 2. The normalized spacial score (nSPS) is 14.2. The SMILES string of the molecule is COCc1nn(CC2=CCC(=Cn3ccccc3=O)C=C2)cc1C(=O)NCc1cccc(OC(F)F)c1. The summed E-state index contributed by atoms with van der Waals surface area (Å²) in [5.41, 5.74) is 3.37. The smallest absolute Gasteiger partial charge is 0.387 e. The van der Waals surface area contributed by atoms with Gasteiger partial charge < -0.3 is 14.8 Å². The lowest BCUT2D eigenvalue weighted by Crippen LogP contribution is -2.23. The molecule has 10 heteroatoms. The highest BCUT2D eigenvalue weighted by molar-refractivity contribution is 5.95. The number of rotatable bonds is 10. The zero-order valence-electron chi connectivity index (χ0n) is 20.1. The minimum atomic E-state index is -2.92. The third-order valence-electron chi connectivity index (χ3n) is 5.55. The summed E-state index contributed by atoms with van der Waals surface area (Å²) in [5.74, 6) is -0.331. The van der Waals surface area contributed by atoms with Gasteiger partial charge in [-0.05, 0) is 41.3 Å². The standard InChI is InChI=1S/C27H26F2N4O4/c1-36-18-24-23(26(35)30-14-21-5-4-6-22(13-21)37-27(28)29)17-33(31-24)16-20-10-8-19(9-11-20)15-32-12-3-2-7-25(32)34/h2-8,10-13,15,17,27H,9,14,16,18H2,1H3,(H,30,35).